The number of hydrogen-bond acceptors (Lipinski definition) is 3. The van der Waals surface area contributed by atoms with Crippen LogP contribution < -0.4 is 4.74 Å². The Morgan fingerprint density at radius 3 is 2.56 bits per heavy atom. The summed E-state index contributed by atoms with van der Waals surface area (Å²) in [4.78, 5) is 12.8. The Morgan fingerprint density at radius 1 is 1.44 bits per heavy atom. The topological polar surface area (TPSA) is 49.8 Å². The van der Waals surface area contributed by atoms with E-state index in [2.05, 4.69) is 0 Å². The molecule has 1 rings (SSSR count). The van der Waals surface area contributed by atoms with Gasteiger partial charge < -0.3 is 9.84 Å². The van der Waals surface area contributed by atoms with Crippen molar-refractivity contribution in [1.82, 2.24) is 4.90 Å². The van der Waals surface area contributed by atoms with Crippen LogP contribution in [0.3, 0.4) is 0 Å². The van der Waals surface area contributed by atoms with Gasteiger partial charge in [0.05, 0.1) is 7.11 Å². The van der Waals surface area contributed by atoms with Crippen LogP contribution in [0.4, 0.5) is 0 Å². The average molecular weight is 223 g/mol. The second kappa shape index (κ2) is 5.51. The zero-order valence-corrected chi connectivity index (χ0v) is 9.80. The molecular formula is C12H17NO3. The number of methoxy groups -OCH3 is 1. The van der Waals surface area contributed by atoms with Crippen LogP contribution in [-0.2, 0) is 11.2 Å². The molecule has 0 aromatic heterocycles. The Labute approximate surface area is 95.5 Å². The van der Waals surface area contributed by atoms with Crippen molar-refractivity contribution in [2.45, 2.75) is 12.5 Å². The minimum atomic E-state index is -0.823. The lowest BCUT2D eigenvalue weighted by atomic mass is 10.0. The van der Waals surface area contributed by atoms with E-state index in [0.717, 1.165) is 11.3 Å². The van der Waals surface area contributed by atoms with Crippen LogP contribution in [0, 0.1) is 0 Å². The minimum Gasteiger partial charge on any atom is -0.496 e. The zero-order valence-electron chi connectivity index (χ0n) is 9.80. The molecule has 0 saturated carbocycles. The number of aliphatic carboxylic acids is 1. The van der Waals surface area contributed by atoms with E-state index in [9.17, 15) is 4.79 Å². The molecule has 0 aliphatic carbocycles. The smallest absolute Gasteiger partial charge is 0.321 e. The van der Waals surface area contributed by atoms with Gasteiger partial charge in [0.15, 0.2) is 0 Å². The normalized spacial score (nSPS) is 12.5. The van der Waals surface area contributed by atoms with Crippen molar-refractivity contribution in [2.75, 3.05) is 21.2 Å². The van der Waals surface area contributed by atoms with Crippen molar-refractivity contribution in [3.63, 3.8) is 0 Å². The second-order valence-corrected chi connectivity index (χ2v) is 3.83. The van der Waals surface area contributed by atoms with Gasteiger partial charge in [-0.25, -0.2) is 0 Å². The van der Waals surface area contributed by atoms with Gasteiger partial charge in [0.1, 0.15) is 11.8 Å². The second-order valence-electron chi connectivity index (χ2n) is 3.83. The molecule has 1 unspecified atom stereocenters. The zero-order chi connectivity index (χ0) is 12.1. The van der Waals surface area contributed by atoms with E-state index >= 15 is 0 Å². The number of carboxylic acid groups (broad SMARTS) is 1. The lowest BCUT2D eigenvalue weighted by Crippen LogP contribution is -2.37. The maximum absolute atomic E-state index is 11.1. The SMILES string of the molecule is COc1ccccc1CC(C(=O)O)N(C)C. The fraction of sp³-hybridized carbons (Fsp3) is 0.417. The number of benzene rings is 1. The van der Waals surface area contributed by atoms with Gasteiger partial charge in [-0.2, -0.15) is 0 Å². The molecule has 0 radical (unpaired) electrons. The number of para-hydroxylation sites is 1. The molecule has 0 bridgehead atoms. The van der Waals surface area contributed by atoms with Crippen molar-refractivity contribution in [2.24, 2.45) is 0 Å². The molecule has 1 aromatic carbocycles. The summed E-state index contributed by atoms with van der Waals surface area (Å²) in [5.41, 5.74) is 0.908. The number of carbonyl (C=O) groups is 1. The molecule has 0 aliphatic rings. The highest BCUT2D eigenvalue weighted by Gasteiger charge is 2.21. The van der Waals surface area contributed by atoms with Crippen LogP contribution in [0.25, 0.3) is 0 Å². The number of nitrogens with zero attached hydrogens (tertiary/aromatic N) is 1. The van der Waals surface area contributed by atoms with E-state index in [1.807, 2.05) is 24.3 Å². The number of ether oxygens (including phenoxy) is 1. The van der Waals surface area contributed by atoms with Gasteiger partial charge in [-0.1, -0.05) is 18.2 Å². The first-order valence-corrected chi connectivity index (χ1v) is 5.07. The molecule has 1 N–H and O–H groups in total. The Morgan fingerprint density at radius 2 is 2.06 bits per heavy atom. The summed E-state index contributed by atoms with van der Waals surface area (Å²) < 4.78 is 5.19. The molecule has 16 heavy (non-hydrogen) atoms. The summed E-state index contributed by atoms with van der Waals surface area (Å²) >= 11 is 0. The fourth-order valence-electron chi connectivity index (χ4n) is 1.57. The van der Waals surface area contributed by atoms with Gasteiger partial charge in [-0.15, -0.1) is 0 Å². The predicted octanol–water partition coefficient (Wildman–Crippen LogP) is 1.25. The summed E-state index contributed by atoms with van der Waals surface area (Å²) in [6.07, 6.45) is 0.437. The fourth-order valence-corrected chi connectivity index (χ4v) is 1.57. The maximum atomic E-state index is 11.1. The Hall–Kier alpha value is -1.55. The van der Waals surface area contributed by atoms with E-state index in [0.29, 0.717) is 6.42 Å². The third kappa shape index (κ3) is 2.97. The number of likely N-dealkylation sites (N-methyl/N-ethyl adjacent to an activating group) is 1. The molecule has 0 aliphatic heterocycles. The van der Waals surface area contributed by atoms with Crippen LogP contribution in [0.5, 0.6) is 5.75 Å². The quantitative estimate of drug-likeness (QED) is 0.816. The Bertz CT molecular complexity index is 363. The number of carboxylic acids is 1. The third-order valence-electron chi connectivity index (χ3n) is 2.51. The van der Waals surface area contributed by atoms with Gasteiger partial charge in [0, 0.05) is 6.42 Å². The highest BCUT2D eigenvalue weighted by molar-refractivity contribution is 5.74. The van der Waals surface area contributed by atoms with Crippen LogP contribution in [0.1, 0.15) is 5.56 Å². The maximum Gasteiger partial charge on any atom is 0.321 e. The molecule has 0 amide bonds. The van der Waals surface area contributed by atoms with Crippen molar-refractivity contribution in [3.8, 4) is 5.75 Å². The van der Waals surface area contributed by atoms with Crippen molar-refractivity contribution in [3.05, 3.63) is 29.8 Å². The van der Waals surface area contributed by atoms with E-state index < -0.39 is 12.0 Å². The predicted molar refractivity (Wildman–Crippen MR) is 61.8 cm³/mol. The Balaban J connectivity index is 2.89. The van der Waals surface area contributed by atoms with Crippen molar-refractivity contribution in [1.29, 1.82) is 0 Å². The highest BCUT2D eigenvalue weighted by atomic mass is 16.5. The van der Waals surface area contributed by atoms with Crippen LogP contribution in [0.15, 0.2) is 24.3 Å². The summed E-state index contributed by atoms with van der Waals surface area (Å²) in [5.74, 6) is -0.0912. The van der Waals surface area contributed by atoms with E-state index in [1.54, 1.807) is 26.1 Å². The molecule has 4 heteroatoms. The Kier molecular flexibility index (Phi) is 4.31. The molecule has 1 aromatic rings. The van der Waals surface area contributed by atoms with Crippen LogP contribution in [-0.4, -0.2) is 43.2 Å². The van der Waals surface area contributed by atoms with E-state index in [1.165, 1.54) is 0 Å². The highest BCUT2D eigenvalue weighted by Crippen LogP contribution is 2.20. The summed E-state index contributed by atoms with van der Waals surface area (Å²) in [5, 5.41) is 9.09. The standard InChI is InChI=1S/C12H17NO3/c1-13(2)10(12(14)15)8-9-6-4-5-7-11(9)16-3/h4-7,10H,8H2,1-3H3,(H,14,15). The molecule has 0 saturated heterocycles. The number of hydrogen-bond donors (Lipinski definition) is 1. The summed E-state index contributed by atoms with van der Waals surface area (Å²) in [6, 6.07) is 6.94. The largest absolute Gasteiger partial charge is 0.496 e. The van der Waals surface area contributed by atoms with Crippen LogP contribution >= 0.6 is 0 Å². The lowest BCUT2D eigenvalue weighted by Gasteiger charge is -2.20. The van der Waals surface area contributed by atoms with E-state index in [-0.39, 0.29) is 0 Å². The molecule has 88 valence electrons. The third-order valence-corrected chi connectivity index (χ3v) is 2.51. The van der Waals surface area contributed by atoms with Crippen molar-refractivity contribution >= 4 is 5.97 Å². The monoisotopic (exact) mass is 223 g/mol. The summed E-state index contributed by atoms with van der Waals surface area (Å²) in [7, 11) is 5.10. The van der Waals surface area contributed by atoms with Gasteiger partial charge >= 0.3 is 5.97 Å². The lowest BCUT2D eigenvalue weighted by molar-refractivity contribution is -0.142. The minimum absolute atomic E-state index is 0.437. The number of rotatable bonds is 5. The van der Waals surface area contributed by atoms with E-state index in [4.69, 9.17) is 9.84 Å². The van der Waals surface area contributed by atoms with Gasteiger partial charge in [0.25, 0.3) is 0 Å². The average Bonchev–Trinajstić information content (AvgIpc) is 2.25. The van der Waals surface area contributed by atoms with Gasteiger partial charge in [0.2, 0.25) is 0 Å². The molecular weight excluding hydrogens is 206 g/mol. The first-order chi connectivity index (χ1) is 7.56. The van der Waals surface area contributed by atoms with Gasteiger partial charge in [-0.05, 0) is 25.7 Å². The first-order valence-electron chi connectivity index (χ1n) is 5.07. The molecule has 0 spiro atoms. The molecule has 0 fully saturated rings. The summed E-state index contributed by atoms with van der Waals surface area (Å²) in [6.45, 7) is 0. The van der Waals surface area contributed by atoms with Gasteiger partial charge in [-0.3, -0.25) is 9.69 Å². The van der Waals surface area contributed by atoms with Crippen LogP contribution in [0.2, 0.25) is 0 Å². The first kappa shape index (κ1) is 12.5. The van der Waals surface area contributed by atoms with Crippen molar-refractivity contribution < 1.29 is 14.6 Å². The molecule has 0 heterocycles. The molecule has 4 nitrogen and oxygen atoms in total. The molecule has 1 atom stereocenters.